The summed E-state index contributed by atoms with van der Waals surface area (Å²) in [7, 11) is 1.61. The van der Waals surface area contributed by atoms with Gasteiger partial charge in [-0.3, -0.25) is 5.10 Å². The first-order chi connectivity index (χ1) is 11.2. The fourth-order valence-electron chi connectivity index (χ4n) is 2.24. The van der Waals surface area contributed by atoms with Gasteiger partial charge in [0.1, 0.15) is 0 Å². The minimum atomic E-state index is 0.580. The van der Waals surface area contributed by atoms with E-state index in [1.165, 1.54) is 0 Å². The normalized spacial score (nSPS) is 10.6. The molecule has 0 radical (unpaired) electrons. The topological polar surface area (TPSA) is 60.0 Å². The molecule has 0 spiro atoms. The van der Waals surface area contributed by atoms with Crippen molar-refractivity contribution >= 4 is 11.6 Å². The van der Waals surface area contributed by atoms with Crippen molar-refractivity contribution in [2.45, 2.75) is 6.92 Å². The molecule has 3 rings (SSSR count). The van der Waals surface area contributed by atoms with Gasteiger partial charge >= 0.3 is 0 Å². The number of benzene rings is 2. The van der Waals surface area contributed by atoms with Crippen LogP contribution >= 0.6 is 11.6 Å². The minimum absolute atomic E-state index is 0.580. The molecule has 118 valence electrons. The predicted octanol–water partition coefficient (Wildman–Crippen LogP) is 4.20. The van der Waals surface area contributed by atoms with Crippen molar-refractivity contribution in [3.05, 3.63) is 47.5 Å². The van der Waals surface area contributed by atoms with Gasteiger partial charge < -0.3 is 9.47 Å². The molecule has 23 heavy (non-hydrogen) atoms. The second-order valence-electron chi connectivity index (χ2n) is 4.82. The Hall–Kier alpha value is -2.53. The predicted molar refractivity (Wildman–Crippen MR) is 90.0 cm³/mol. The van der Waals surface area contributed by atoms with Crippen LogP contribution in [0.2, 0.25) is 5.02 Å². The van der Waals surface area contributed by atoms with Crippen LogP contribution in [0.4, 0.5) is 0 Å². The summed E-state index contributed by atoms with van der Waals surface area (Å²) >= 11 is 6.01. The van der Waals surface area contributed by atoms with Gasteiger partial charge in [-0.25, -0.2) is 4.98 Å². The van der Waals surface area contributed by atoms with Crippen LogP contribution in [0.5, 0.6) is 11.5 Å². The number of hydrogen-bond acceptors (Lipinski definition) is 4. The van der Waals surface area contributed by atoms with Gasteiger partial charge in [0, 0.05) is 16.1 Å². The summed E-state index contributed by atoms with van der Waals surface area (Å²) in [5.74, 6) is 2.61. The van der Waals surface area contributed by atoms with Gasteiger partial charge in [0.05, 0.1) is 13.7 Å². The van der Waals surface area contributed by atoms with E-state index in [2.05, 4.69) is 15.2 Å². The van der Waals surface area contributed by atoms with Gasteiger partial charge in [0.2, 0.25) is 0 Å². The highest BCUT2D eigenvalue weighted by Gasteiger charge is 2.11. The summed E-state index contributed by atoms with van der Waals surface area (Å²) in [6.45, 7) is 2.51. The van der Waals surface area contributed by atoms with Gasteiger partial charge in [-0.1, -0.05) is 23.7 Å². The molecule has 1 N–H and O–H groups in total. The summed E-state index contributed by atoms with van der Waals surface area (Å²) in [5, 5.41) is 7.84. The molecule has 0 saturated heterocycles. The Balaban J connectivity index is 1.94. The van der Waals surface area contributed by atoms with Crippen molar-refractivity contribution in [1.82, 2.24) is 15.2 Å². The molecular weight excluding hydrogens is 314 g/mol. The maximum atomic E-state index is 6.01. The zero-order chi connectivity index (χ0) is 16.2. The highest BCUT2D eigenvalue weighted by atomic mass is 35.5. The Kier molecular flexibility index (Phi) is 4.48. The monoisotopic (exact) mass is 329 g/mol. The number of H-pyrrole nitrogens is 1. The van der Waals surface area contributed by atoms with Gasteiger partial charge in [0.15, 0.2) is 23.1 Å². The summed E-state index contributed by atoms with van der Waals surface area (Å²) in [6.07, 6.45) is 0. The van der Waals surface area contributed by atoms with E-state index in [-0.39, 0.29) is 0 Å². The van der Waals surface area contributed by atoms with E-state index in [1.54, 1.807) is 7.11 Å². The maximum Gasteiger partial charge on any atom is 0.181 e. The van der Waals surface area contributed by atoms with E-state index in [9.17, 15) is 0 Å². The van der Waals surface area contributed by atoms with Crippen LogP contribution in [0.15, 0.2) is 42.5 Å². The zero-order valence-electron chi connectivity index (χ0n) is 12.8. The van der Waals surface area contributed by atoms with Gasteiger partial charge in [-0.15, -0.1) is 0 Å². The molecule has 0 unspecified atom stereocenters. The van der Waals surface area contributed by atoms with E-state index in [4.69, 9.17) is 21.1 Å². The largest absolute Gasteiger partial charge is 0.493 e. The van der Waals surface area contributed by atoms with Crippen LogP contribution in [0.25, 0.3) is 22.8 Å². The maximum absolute atomic E-state index is 6.01. The summed E-state index contributed by atoms with van der Waals surface area (Å²) < 4.78 is 10.9. The number of aromatic amines is 1. The van der Waals surface area contributed by atoms with E-state index < -0.39 is 0 Å². The third-order valence-corrected chi connectivity index (χ3v) is 3.54. The molecule has 0 atom stereocenters. The number of nitrogens with zero attached hydrogens (tertiary/aromatic N) is 2. The number of hydrogen-bond donors (Lipinski definition) is 1. The number of methoxy groups -OCH3 is 1. The smallest absolute Gasteiger partial charge is 0.181 e. The molecule has 0 bridgehead atoms. The summed E-state index contributed by atoms with van der Waals surface area (Å²) in [6, 6.07) is 13.1. The average Bonchev–Trinajstić information content (AvgIpc) is 3.05. The molecule has 0 saturated carbocycles. The molecule has 3 aromatic rings. The number of nitrogens with one attached hydrogen (secondary N) is 1. The zero-order valence-corrected chi connectivity index (χ0v) is 13.6. The second-order valence-corrected chi connectivity index (χ2v) is 5.25. The first-order valence-corrected chi connectivity index (χ1v) is 7.58. The van der Waals surface area contributed by atoms with Crippen LogP contribution in [-0.4, -0.2) is 28.9 Å². The molecule has 0 aliphatic heterocycles. The fourth-order valence-corrected chi connectivity index (χ4v) is 2.43. The van der Waals surface area contributed by atoms with Crippen molar-refractivity contribution in [2.24, 2.45) is 0 Å². The summed E-state index contributed by atoms with van der Waals surface area (Å²) in [4.78, 5) is 4.52. The number of ether oxygens (including phenoxy) is 2. The Morgan fingerprint density at radius 3 is 2.70 bits per heavy atom. The lowest BCUT2D eigenvalue weighted by Crippen LogP contribution is -1.95. The molecule has 0 fully saturated rings. The highest BCUT2D eigenvalue weighted by Crippen LogP contribution is 2.32. The van der Waals surface area contributed by atoms with Crippen LogP contribution in [0.1, 0.15) is 6.92 Å². The molecule has 6 heteroatoms. The van der Waals surface area contributed by atoms with Crippen molar-refractivity contribution in [2.75, 3.05) is 13.7 Å². The minimum Gasteiger partial charge on any atom is -0.493 e. The van der Waals surface area contributed by atoms with Gasteiger partial charge in [-0.2, -0.15) is 5.10 Å². The first kappa shape index (κ1) is 15.4. The lowest BCUT2D eigenvalue weighted by atomic mass is 10.2. The van der Waals surface area contributed by atoms with E-state index in [1.807, 2.05) is 49.4 Å². The lowest BCUT2D eigenvalue weighted by molar-refractivity contribution is 0.311. The van der Waals surface area contributed by atoms with Gasteiger partial charge in [0.25, 0.3) is 0 Å². The van der Waals surface area contributed by atoms with Crippen LogP contribution in [0.3, 0.4) is 0 Å². The number of halogens is 1. The third-order valence-electron chi connectivity index (χ3n) is 3.31. The standard InChI is InChI=1S/C17H16ClN3O2/c1-3-23-14-8-7-12(10-15(14)22-2)17-19-16(20-21-17)11-5-4-6-13(18)9-11/h4-10H,3H2,1-2H3,(H,19,20,21). The molecule has 0 aliphatic carbocycles. The van der Waals surface area contributed by atoms with Crippen LogP contribution in [0, 0.1) is 0 Å². The SMILES string of the molecule is CCOc1ccc(-c2nc(-c3cccc(Cl)c3)n[nH]2)cc1OC. The van der Waals surface area contributed by atoms with E-state index >= 15 is 0 Å². The fraction of sp³-hybridized carbons (Fsp3) is 0.176. The molecule has 5 nitrogen and oxygen atoms in total. The summed E-state index contributed by atoms with van der Waals surface area (Å²) in [5.41, 5.74) is 1.73. The lowest BCUT2D eigenvalue weighted by Gasteiger charge is -2.09. The van der Waals surface area contributed by atoms with Gasteiger partial charge in [-0.05, 0) is 37.3 Å². The molecule has 0 amide bonds. The Morgan fingerprint density at radius 2 is 1.96 bits per heavy atom. The van der Waals surface area contributed by atoms with Crippen molar-refractivity contribution in [3.63, 3.8) is 0 Å². The first-order valence-electron chi connectivity index (χ1n) is 7.21. The Bertz CT molecular complexity index is 817. The second kappa shape index (κ2) is 6.71. The van der Waals surface area contributed by atoms with Crippen molar-refractivity contribution < 1.29 is 9.47 Å². The van der Waals surface area contributed by atoms with Crippen LogP contribution in [-0.2, 0) is 0 Å². The number of rotatable bonds is 5. The van der Waals surface area contributed by atoms with Crippen molar-refractivity contribution in [1.29, 1.82) is 0 Å². The Labute approximate surface area is 139 Å². The molecule has 0 aliphatic rings. The van der Waals surface area contributed by atoms with Crippen LogP contribution < -0.4 is 9.47 Å². The van der Waals surface area contributed by atoms with Crippen molar-refractivity contribution in [3.8, 4) is 34.3 Å². The Morgan fingerprint density at radius 1 is 1.09 bits per heavy atom. The molecule has 2 aromatic carbocycles. The quantitative estimate of drug-likeness (QED) is 0.762. The molecule has 1 heterocycles. The highest BCUT2D eigenvalue weighted by molar-refractivity contribution is 6.30. The van der Waals surface area contributed by atoms with E-state index in [0.29, 0.717) is 34.8 Å². The average molecular weight is 330 g/mol. The third kappa shape index (κ3) is 3.29. The van der Waals surface area contributed by atoms with E-state index in [0.717, 1.165) is 11.1 Å². The number of aromatic nitrogens is 3. The molecule has 1 aromatic heterocycles. The molecular formula is C17H16ClN3O2.